The van der Waals surface area contributed by atoms with E-state index in [9.17, 15) is 10.1 Å². The standard InChI is InChI=1S/C15H13BrClNO3/c1-9-6-13(4-3-11(9)8-17)21-15-10(2)5-12(16)7-14(15)18(19)20/h3-7H,8H2,1-2H3. The molecule has 0 amide bonds. The Morgan fingerprint density at radius 2 is 1.95 bits per heavy atom. The molecule has 0 bridgehead atoms. The summed E-state index contributed by atoms with van der Waals surface area (Å²) in [5.41, 5.74) is 2.61. The van der Waals surface area contributed by atoms with E-state index in [2.05, 4.69) is 15.9 Å². The molecular formula is C15H13BrClNO3. The average Bonchev–Trinajstić information content (AvgIpc) is 2.41. The first kappa shape index (κ1) is 15.8. The predicted molar refractivity (Wildman–Crippen MR) is 86.3 cm³/mol. The van der Waals surface area contributed by atoms with Gasteiger partial charge in [-0.05, 0) is 48.7 Å². The Bertz CT molecular complexity index is 704. The van der Waals surface area contributed by atoms with Crippen LogP contribution in [0.5, 0.6) is 11.5 Å². The van der Waals surface area contributed by atoms with Crippen LogP contribution < -0.4 is 4.74 Å². The van der Waals surface area contributed by atoms with E-state index < -0.39 is 4.92 Å². The molecule has 6 heteroatoms. The molecule has 2 rings (SSSR count). The Labute approximate surface area is 136 Å². The molecule has 0 unspecified atom stereocenters. The molecule has 0 radical (unpaired) electrons. The van der Waals surface area contributed by atoms with Crippen LogP contribution in [-0.4, -0.2) is 4.92 Å². The van der Waals surface area contributed by atoms with E-state index in [1.807, 2.05) is 19.1 Å². The number of benzene rings is 2. The number of hydrogen-bond donors (Lipinski definition) is 0. The fourth-order valence-electron chi connectivity index (χ4n) is 1.98. The van der Waals surface area contributed by atoms with E-state index in [1.54, 1.807) is 19.1 Å². The highest BCUT2D eigenvalue weighted by molar-refractivity contribution is 9.10. The quantitative estimate of drug-likeness (QED) is 0.405. The summed E-state index contributed by atoms with van der Waals surface area (Å²) in [5, 5.41) is 11.2. The van der Waals surface area contributed by atoms with Crippen LogP contribution in [0.25, 0.3) is 0 Å². The minimum Gasteiger partial charge on any atom is -0.450 e. The van der Waals surface area contributed by atoms with E-state index >= 15 is 0 Å². The van der Waals surface area contributed by atoms with E-state index in [1.165, 1.54) is 6.07 Å². The van der Waals surface area contributed by atoms with Crippen LogP contribution in [0.4, 0.5) is 5.69 Å². The number of hydrogen-bond acceptors (Lipinski definition) is 3. The van der Waals surface area contributed by atoms with Gasteiger partial charge in [0.1, 0.15) is 5.75 Å². The lowest BCUT2D eigenvalue weighted by Gasteiger charge is -2.11. The van der Waals surface area contributed by atoms with Crippen molar-refractivity contribution in [2.45, 2.75) is 19.7 Å². The molecule has 0 aliphatic rings. The molecule has 0 aliphatic carbocycles. The Morgan fingerprint density at radius 1 is 1.24 bits per heavy atom. The Hall–Kier alpha value is -1.59. The third kappa shape index (κ3) is 3.54. The molecule has 2 aromatic carbocycles. The van der Waals surface area contributed by atoms with Crippen molar-refractivity contribution in [3.63, 3.8) is 0 Å². The second-order valence-corrected chi connectivity index (χ2v) is 5.83. The zero-order chi connectivity index (χ0) is 15.6. The summed E-state index contributed by atoms with van der Waals surface area (Å²) in [7, 11) is 0. The van der Waals surface area contributed by atoms with E-state index in [-0.39, 0.29) is 11.4 Å². The number of alkyl halides is 1. The number of nitro groups is 1. The maximum Gasteiger partial charge on any atom is 0.312 e. The minimum absolute atomic E-state index is 0.0686. The number of aryl methyl sites for hydroxylation is 2. The highest BCUT2D eigenvalue weighted by atomic mass is 79.9. The molecule has 0 saturated carbocycles. The Balaban J connectivity index is 2.44. The van der Waals surface area contributed by atoms with Crippen LogP contribution >= 0.6 is 27.5 Å². The van der Waals surface area contributed by atoms with Crippen molar-refractivity contribution in [2.75, 3.05) is 0 Å². The van der Waals surface area contributed by atoms with Gasteiger partial charge in [0.15, 0.2) is 0 Å². The lowest BCUT2D eigenvalue weighted by molar-refractivity contribution is -0.385. The first-order chi connectivity index (χ1) is 9.92. The molecule has 2 aromatic rings. The molecule has 0 atom stereocenters. The van der Waals surface area contributed by atoms with Crippen LogP contribution in [0.2, 0.25) is 0 Å². The summed E-state index contributed by atoms with van der Waals surface area (Å²) in [6, 6.07) is 8.65. The van der Waals surface area contributed by atoms with Gasteiger partial charge in [0, 0.05) is 16.4 Å². The zero-order valence-corrected chi connectivity index (χ0v) is 13.9. The largest absolute Gasteiger partial charge is 0.450 e. The molecule has 0 aliphatic heterocycles. The minimum atomic E-state index is -0.451. The van der Waals surface area contributed by atoms with Gasteiger partial charge in [-0.3, -0.25) is 10.1 Å². The summed E-state index contributed by atoms with van der Waals surface area (Å²) in [4.78, 5) is 10.7. The number of nitro benzene ring substituents is 1. The van der Waals surface area contributed by atoms with Crippen molar-refractivity contribution in [3.05, 3.63) is 61.6 Å². The summed E-state index contributed by atoms with van der Waals surface area (Å²) in [5.74, 6) is 1.22. The highest BCUT2D eigenvalue weighted by Crippen LogP contribution is 2.37. The van der Waals surface area contributed by atoms with Gasteiger partial charge in [0.2, 0.25) is 5.75 Å². The van der Waals surface area contributed by atoms with Crippen molar-refractivity contribution in [2.24, 2.45) is 0 Å². The van der Waals surface area contributed by atoms with E-state index in [0.29, 0.717) is 21.7 Å². The summed E-state index contributed by atoms with van der Waals surface area (Å²) < 4.78 is 6.38. The van der Waals surface area contributed by atoms with Crippen LogP contribution in [-0.2, 0) is 5.88 Å². The SMILES string of the molecule is Cc1cc(Oc2c(C)cc(Br)cc2[N+](=O)[O-])ccc1CCl. The van der Waals surface area contributed by atoms with Gasteiger partial charge in [-0.1, -0.05) is 22.0 Å². The third-order valence-electron chi connectivity index (χ3n) is 3.09. The lowest BCUT2D eigenvalue weighted by atomic mass is 10.1. The van der Waals surface area contributed by atoms with Gasteiger partial charge in [-0.25, -0.2) is 0 Å². The zero-order valence-electron chi connectivity index (χ0n) is 11.5. The molecule has 0 heterocycles. The van der Waals surface area contributed by atoms with Gasteiger partial charge in [0.25, 0.3) is 0 Å². The van der Waals surface area contributed by atoms with Gasteiger partial charge in [-0.2, -0.15) is 0 Å². The van der Waals surface area contributed by atoms with Gasteiger partial charge >= 0.3 is 5.69 Å². The van der Waals surface area contributed by atoms with Crippen LogP contribution in [0.1, 0.15) is 16.7 Å². The molecule has 0 spiro atoms. The maximum absolute atomic E-state index is 11.2. The average molecular weight is 371 g/mol. The van der Waals surface area contributed by atoms with Gasteiger partial charge < -0.3 is 4.74 Å². The first-order valence-electron chi connectivity index (χ1n) is 6.20. The van der Waals surface area contributed by atoms with Crippen molar-refractivity contribution in [1.29, 1.82) is 0 Å². The van der Waals surface area contributed by atoms with E-state index in [0.717, 1.165) is 11.1 Å². The molecule has 4 nitrogen and oxygen atoms in total. The third-order valence-corrected chi connectivity index (χ3v) is 3.84. The highest BCUT2D eigenvalue weighted by Gasteiger charge is 2.19. The second-order valence-electron chi connectivity index (χ2n) is 4.65. The van der Waals surface area contributed by atoms with Gasteiger partial charge in [0.05, 0.1) is 4.92 Å². The fourth-order valence-corrected chi connectivity index (χ4v) is 2.84. The smallest absolute Gasteiger partial charge is 0.312 e. The van der Waals surface area contributed by atoms with Crippen molar-refractivity contribution < 1.29 is 9.66 Å². The predicted octanol–water partition coefficient (Wildman–Crippen LogP) is 5.51. The monoisotopic (exact) mass is 369 g/mol. The summed E-state index contributed by atoms with van der Waals surface area (Å²) in [6.07, 6.45) is 0. The molecule has 0 aromatic heterocycles. The summed E-state index contributed by atoms with van der Waals surface area (Å²) >= 11 is 9.08. The molecule has 21 heavy (non-hydrogen) atoms. The Kier molecular flexibility index (Phi) is 4.85. The summed E-state index contributed by atoms with van der Waals surface area (Å²) in [6.45, 7) is 3.69. The van der Waals surface area contributed by atoms with Crippen molar-refractivity contribution in [1.82, 2.24) is 0 Å². The lowest BCUT2D eigenvalue weighted by Crippen LogP contribution is -1.97. The molecule has 0 fully saturated rings. The topological polar surface area (TPSA) is 52.4 Å². The van der Waals surface area contributed by atoms with Crippen LogP contribution in [0.15, 0.2) is 34.8 Å². The molecule has 0 N–H and O–H groups in total. The Morgan fingerprint density at radius 3 is 2.52 bits per heavy atom. The van der Waals surface area contributed by atoms with Crippen LogP contribution in [0, 0.1) is 24.0 Å². The normalized spacial score (nSPS) is 10.5. The van der Waals surface area contributed by atoms with Gasteiger partial charge in [-0.15, -0.1) is 11.6 Å². The second kappa shape index (κ2) is 6.45. The number of nitrogens with zero attached hydrogens (tertiary/aromatic N) is 1. The fraction of sp³-hybridized carbons (Fsp3) is 0.200. The number of ether oxygens (including phenoxy) is 1. The van der Waals surface area contributed by atoms with E-state index in [4.69, 9.17) is 16.3 Å². The number of halogens is 2. The molecular weight excluding hydrogens is 358 g/mol. The van der Waals surface area contributed by atoms with Crippen molar-refractivity contribution in [3.8, 4) is 11.5 Å². The number of rotatable bonds is 4. The maximum atomic E-state index is 11.2. The first-order valence-corrected chi connectivity index (χ1v) is 7.53. The molecule has 110 valence electrons. The van der Waals surface area contributed by atoms with Crippen LogP contribution in [0.3, 0.4) is 0 Å². The van der Waals surface area contributed by atoms with Crippen molar-refractivity contribution >= 4 is 33.2 Å². The molecule has 0 saturated heterocycles.